The minimum Gasteiger partial charge on any atom is -0.479 e. The molecule has 7 heteroatoms. The second-order valence-electron chi connectivity index (χ2n) is 6.20. The van der Waals surface area contributed by atoms with Crippen LogP contribution in [0.2, 0.25) is 0 Å². The van der Waals surface area contributed by atoms with Gasteiger partial charge in [-0.25, -0.2) is 19.3 Å². The number of pyridine rings is 3. The molecule has 27 heavy (non-hydrogen) atoms. The molecule has 0 radical (unpaired) electrons. The lowest BCUT2D eigenvalue weighted by Crippen LogP contribution is -2.00. The molecule has 0 atom stereocenters. The highest BCUT2D eigenvalue weighted by Crippen LogP contribution is 2.22. The van der Waals surface area contributed by atoms with E-state index in [0.29, 0.717) is 24.0 Å². The Morgan fingerprint density at radius 3 is 2.63 bits per heavy atom. The number of methoxy groups -OCH3 is 1. The van der Waals surface area contributed by atoms with E-state index in [-0.39, 0.29) is 5.88 Å². The Hall–Kier alpha value is -3.35. The van der Waals surface area contributed by atoms with Gasteiger partial charge in [-0.2, -0.15) is 4.39 Å². The molecule has 4 rings (SSSR count). The maximum atomic E-state index is 14.2. The van der Waals surface area contributed by atoms with Crippen LogP contribution < -0.4 is 4.74 Å². The Bertz CT molecular complexity index is 1110. The summed E-state index contributed by atoms with van der Waals surface area (Å²) in [6.07, 6.45) is 7.30. The van der Waals surface area contributed by atoms with Crippen molar-refractivity contribution in [1.29, 1.82) is 0 Å². The Morgan fingerprint density at radius 2 is 1.81 bits per heavy atom. The minimum absolute atomic E-state index is 0.0513. The lowest BCUT2D eigenvalue weighted by molar-refractivity contribution is 0.368. The average Bonchev–Trinajstić information content (AvgIpc) is 3.08. The predicted molar refractivity (Wildman–Crippen MR) is 96.6 cm³/mol. The first kappa shape index (κ1) is 17.1. The van der Waals surface area contributed by atoms with Crippen molar-refractivity contribution >= 4 is 11.0 Å². The zero-order valence-electron chi connectivity index (χ0n) is 14.5. The lowest BCUT2D eigenvalue weighted by atomic mass is 10.0. The summed E-state index contributed by atoms with van der Waals surface area (Å²) in [4.78, 5) is 15.1. The van der Waals surface area contributed by atoms with Crippen molar-refractivity contribution in [2.75, 3.05) is 7.11 Å². The van der Waals surface area contributed by atoms with E-state index in [1.54, 1.807) is 12.3 Å². The summed E-state index contributed by atoms with van der Waals surface area (Å²) in [6.45, 7) is 0. The van der Waals surface area contributed by atoms with Crippen molar-refractivity contribution in [2.45, 2.75) is 12.8 Å². The third-order valence-corrected chi connectivity index (χ3v) is 4.35. The van der Waals surface area contributed by atoms with Crippen LogP contribution in [0.25, 0.3) is 11.0 Å². The quantitative estimate of drug-likeness (QED) is 0.546. The fraction of sp³-hybridized carbons (Fsp3) is 0.150. The predicted octanol–water partition coefficient (Wildman–Crippen LogP) is 3.82. The SMILES string of the molecule is COc1ncc(Cc2cnc(F)c(Cc3c[nH]c4ncccc34)c2)cc1F. The first-order valence-electron chi connectivity index (χ1n) is 8.36. The van der Waals surface area contributed by atoms with E-state index in [2.05, 4.69) is 19.9 Å². The number of rotatable bonds is 5. The van der Waals surface area contributed by atoms with E-state index < -0.39 is 11.8 Å². The molecule has 0 aromatic carbocycles. The van der Waals surface area contributed by atoms with Crippen LogP contribution in [0.1, 0.15) is 22.3 Å². The third-order valence-electron chi connectivity index (χ3n) is 4.35. The Kier molecular flexibility index (Phi) is 4.50. The van der Waals surface area contributed by atoms with Gasteiger partial charge in [-0.3, -0.25) is 0 Å². The molecule has 4 aromatic heterocycles. The van der Waals surface area contributed by atoms with Gasteiger partial charge >= 0.3 is 0 Å². The monoisotopic (exact) mass is 366 g/mol. The second kappa shape index (κ2) is 7.11. The maximum Gasteiger partial charge on any atom is 0.250 e. The first-order chi connectivity index (χ1) is 13.1. The van der Waals surface area contributed by atoms with Gasteiger partial charge in [0, 0.05) is 48.6 Å². The number of hydrogen-bond acceptors (Lipinski definition) is 4. The molecule has 0 aliphatic rings. The molecule has 0 aliphatic heterocycles. The molecule has 5 nitrogen and oxygen atoms in total. The number of halogens is 2. The van der Waals surface area contributed by atoms with Crippen LogP contribution in [0.4, 0.5) is 8.78 Å². The van der Waals surface area contributed by atoms with Crippen LogP contribution in [-0.2, 0) is 12.8 Å². The van der Waals surface area contributed by atoms with E-state index in [4.69, 9.17) is 4.74 Å². The summed E-state index contributed by atoms with van der Waals surface area (Å²) < 4.78 is 32.9. The third kappa shape index (κ3) is 3.48. The fourth-order valence-electron chi connectivity index (χ4n) is 3.08. The van der Waals surface area contributed by atoms with Crippen LogP contribution in [0.5, 0.6) is 5.88 Å². The molecule has 136 valence electrons. The van der Waals surface area contributed by atoms with Crippen LogP contribution in [0.15, 0.2) is 49.1 Å². The number of aromatic amines is 1. The van der Waals surface area contributed by atoms with Crippen LogP contribution in [0.3, 0.4) is 0 Å². The Morgan fingerprint density at radius 1 is 1.00 bits per heavy atom. The topological polar surface area (TPSA) is 63.7 Å². The summed E-state index contributed by atoms with van der Waals surface area (Å²) >= 11 is 0. The van der Waals surface area contributed by atoms with Crippen LogP contribution >= 0.6 is 0 Å². The van der Waals surface area contributed by atoms with E-state index in [9.17, 15) is 8.78 Å². The molecule has 1 N–H and O–H groups in total. The normalized spacial score (nSPS) is 11.1. The van der Waals surface area contributed by atoms with Gasteiger partial charge in [0.05, 0.1) is 7.11 Å². The maximum absolute atomic E-state index is 14.2. The van der Waals surface area contributed by atoms with Crippen molar-refractivity contribution in [3.8, 4) is 5.88 Å². The van der Waals surface area contributed by atoms with Gasteiger partial charge in [0.15, 0.2) is 5.82 Å². The van der Waals surface area contributed by atoms with E-state index in [1.807, 2.05) is 18.3 Å². The summed E-state index contributed by atoms with van der Waals surface area (Å²) in [5.74, 6) is -1.10. The number of aromatic nitrogens is 4. The second-order valence-corrected chi connectivity index (χ2v) is 6.20. The van der Waals surface area contributed by atoms with Gasteiger partial charge in [0.2, 0.25) is 11.8 Å². The molecule has 4 aromatic rings. The zero-order chi connectivity index (χ0) is 18.8. The van der Waals surface area contributed by atoms with Crippen molar-refractivity contribution in [3.63, 3.8) is 0 Å². The van der Waals surface area contributed by atoms with Crippen LogP contribution in [-0.4, -0.2) is 27.0 Å². The van der Waals surface area contributed by atoms with Gasteiger partial charge in [-0.05, 0) is 41.0 Å². The average molecular weight is 366 g/mol. The highest BCUT2D eigenvalue weighted by molar-refractivity contribution is 5.79. The molecule has 0 spiro atoms. The van der Waals surface area contributed by atoms with Gasteiger partial charge in [0.1, 0.15) is 5.65 Å². The molecule has 0 amide bonds. The lowest BCUT2D eigenvalue weighted by Gasteiger charge is -2.07. The van der Waals surface area contributed by atoms with E-state index in [1.165, 1.54) is 25.6 Å². The molecular weight excluding hydrogens is 350 g/mol. The largest absolute Gasteiger partial charge is 0.479 e. The van der Waals surface area contributed by atoms with Gasteiger partial charge in [0.25, 0.3) is 0 Å². The van der Waals surface area contributed by atoms with Crippen LogP contribution in [0, 0.1) is 11.8 Å². The smallest absolute Gasteiger partial charge is 0.250 e. The molecule has 0 aliphatic carbocycles. The molecule has 0 unspecified atom stereocenters. The highest BCUT2D eigenvalue weighted by Gasteiger charge is 2.12. The van der Waals surface area contributed by atoms with E-state index in [0.717, 1.165) is 22.2 Å². The highest BCUT2D eigenvalue weighted by atomic mass is 19.1. The van der Waals surface area contributed by atoms with Crippen molar-refractivity contribution in [3.05, 3.63) is 83.1 Å². The molecule has 0 fully saturated rings. The molecule has 0 saturated heterocycles. The molecular formula is C20H16F2N4O. The fourth-order valence-corrected chi connectivity index (χ4v) is 3.08. The minimum atomic E-state index is -0.531. The first-order valence-corrected chi connectivity index (χ1v) is 8.36. The zero-order valence-corrected chi connectivity index (χ0v) is 14.5. The van der Waals surface area contributed by atoms with Gasteiger partial charge in [-0.1, -0.05) is 0 Å². The number of H-pyrrole nitrogens is 1. The standard InChI is InChI=1S/C20H16F2N4O/c1-27-20-17(21)7-13(10-26-20)5-12-6-14(18(22)24-9-12)8-15-11-25-19-16(15)3-2-4-23-19/h2-4,6-7,9-11H,5,8H2,1H3,(H,23,25). The van der Waals surface area contributed by atoms with Crippen molar-refractivity contribution in [1.82, 2.24) is 19.9 Å². The summed E-state index contributed by atoms with van der Waals surface area (Å²) in [5.41, 5.74) is 3.60. The van der Waals surface area contributed by atoms with Crippen molar-refractivity contribution < 1.29 is 13.5 Å². The number of ether oxygens (including phenoxy) is 1. The van der Waals surface area contributed by atoms with Gasteiger partial charge in [-0.15, -0.1) is 0 Å². The molecule has 0 saturated carbocycles. The summed E-state index contributed by atoms with van der Waals surface area (Å²) in [5, 5.41) is 0.948. The summed E-state index contributed by atoms with van der Waals surface area (Å²) in [7, 11) is 1.36. The number of fused-ring (bicyclic) bond motifs is 1. The Balaban J connectivity index is 1.60. The summed E-state index contributed by atoms with van der Waals surface area (Å²) in [6, 6.07) is 6.89. The molecule has 4 heterocycles. The number of nitrogens with one attached hydrogen (secondary N) is 1. The molecule has 0 bridgehead atoms. The number of nitrogens with zero attached hydrogens (tertiary/aromatic N) is 3. The number of hydrogen-bond donors (Lipinski definition) is 1. The Labute approximate surface area is 154 Å². The van der Waals surface area contributed by atoms with E-state index >= 15 is 0 Å². The van der Waals surface area contributed by atoms with Crippen molar-refractivity contribution in [2.24, 2.45) is 0 Å². The van der Waals surface area contributed by atoms with Gasteiger partial charge < -0.3 is 9.72 Å².